The lowest BCUT2D eigenvalue weighted by Crippen LogP contribution is -2.24. The van der Waals surface area contributed by atoms with E-state index in [1.54, 1.807) is 20.8 Å². The van der Waals surface area contributed by atoms with Gasteiger partial charge in [-0.1, -0.05) is 0 Å². The lowest BCUT2D eigenvalue weighted by Gasteiger charge is -2.18. The van der Waals surface area contributed by atoms with E-state index < -0.39 is 11.6 Å². The van der Waals surface area contributed by atoms with E-state index in [0.717, 1.165) is 0 Å². The number of carbonyl (C=O) groups is 1. The summed E-state index contributed by atoms with van der Waals surface area (Å²) in [6.07, 6.45) is 1.35. The highest BCUT2D eigenvalue weighted by Gasteiger charge is 2.18. The molecule has 15 heavy (non-hydrogen) atoms. The van der Waals surface area contributed by atoms with Crippen LogP contribution in [0.4, 0.5) is 0 Å². The van der Waals surface area contributed by atoms with Gasteiger partial charge in [-0.3, -0.25) is 0 Å². The molecule has 4 nitrogen and oxygen atoms in total. The standard InChI is InChI=1S/C11H12N2O2/c1-11(2,3)15-10(14)9-5-4-8(6-12)7-13-9/h4-5,7H,1-3H3. The van der Waals surface area contributed by atoms with Crippen LogP contribution in [0.15, 0.2) is 18.3 Å². The van der Waals surface area contributed by atoms with Gasteiger partial charge in [0.2, 0.25) is 0 Å². The number of hydrogen-bond acceptors (Lipinski definition) is 4. The molecule has 0 bridgehead atoms. The number of pyridine rings is 1. The van der Waals surface area contributed by atoms with Gasteiger partial charge in [-0.25, -0.2) is 9.78 Å². The maximum Gasteiger partial charge on any atom is 0.357 e. The molecule has 1 rings (SSSR count). The topological polar surface area (TPSA) is 63.0 Å². The van der Waals surface area contributed by atoms with Crippen molar-refractivity contribution in [2.24, 2.45) is 0 Å². The fourth-order valence-electron chi connectivity index (χ4n) is 0.911. The maximum atomic E-state index is 11.5. The van der Waals surface area contributed by atoms with Crippen molar-refractivity contribution in [3.8, 4) is 6.07 Å². The summed E-state index contributed by atoms with van der Waals surface area (Å²) in [5, 5.41) is 8.55. The van der Waals surface area contributed by atoms with E-state index in [2.05, 4.69) is 4.98 Å². The molecule has 78 valence electrons. The van der Waals surface area contributed by atoms with Crippen LogP contribution < -0.4 is 0 Å². The molecule has 0 fully saturated rings. The van der Waals surface area contributed by atoms with Crippen molar-refractivity contribution in [3.05, 3.63) is 29.6 Å². The van der Waals surface area contributed by atoms with Crippen LogP contribution in [0.2, 0.25) is 0 Å². The minimum atomic E-state index is -0.535. The van der Waals surface area contributed by atoms with Crippen molar-refractivity contribution >= 4 is 5.97 Å². The lowest BCUT2D eigenvalue weighted by atomic mass is 10.2. The Morgan fingerprint density at radius 2 is 2.13 bits per heavy atom. The third-order valence-corrected chi connectivity index (χ3v) is 1.50. The van der Waals surface area contributed by atoms with Crippen molar-refractivity contribution in [3.63, 3.8) is 0 Å². The number of rotatable bonds is 1. The Balaban J connectivity index is 2.80. The van der Waals surface area contributed by atoms with Gasteiger partial charge in [0.25, 0.3) is 0 Å². The van der Waals surface area contributed by atoms with E-state index in [0.29, 0.717) is 5.56 Å². The summed E-state index contributed by atoms with van der Waals surface area (Å²) in [6, 6.07) is 4.94. The Morgan fingerprint density at radius 3 is 2.53 bits per heavy atom. The number of ether oxygens (including phenoxy) is 1. The average Bonchev–Trinajstić information content (AvgIpc) is 2.15. The smallest absolute Gasteiger partial charge is 0.357 e. The molecule has 4 heteroatoms. The second-order valence-electron chi connectivity index (χ2n) is 4.05. The first-order chi connectivity index (χ1) is 6.92. The fourth-order valence-corrected chi connectivity index (χ4v) is 0.911. The molecule has 0 spiro atoms. The minimum Gasteiger partial charge on any atom is -0.455 e. The van der Waals surface area contributed by atoms with Crippen LogP contribution in [-0.4, -0.2) is 16.6 Å². The van der Waals surface area contributed by atoms with Gasteiger partial charge in [0, 0.05) is 6.20 Å². The molecule has 0 aliphatic carbocycles. The number of hydrogen-bond donors (Lipinski definition) is 0. The summed E-state index contributed by atoms with van der Waals surface area (Å²) < 4.78 is 5.11. The summed E-state index contributed by atoms with van der Waals surface area (Å²) in [7, 11) is 0. The molecule has 0 unspecified atom stereocenters. The van der Waals surface area contributed by atoms with Crippen LogP contribution in [0.5, 0.6) is 0 Å². The summed E-state index contributed by atoms with van der Waals surface area (Å²) in [6.45, 7) is 5.36. The molecule has 0 N–H and O–H groups in total. The Labute approximate surface area is 88.5 Å². The van der Waals surface area contributed by atoms with E-state index in [9.17, 15) is 4.79 Å². The van der Waals surface area contributed by atoms with Crippen molar-refractivity contribution in [2.75, 3.05) is 0 Å². The first kappa shape index (κ1) is 11.2. The molecule has 1 aromatic rings. The summed E-state index contributed by atoms with van der Waals surface area (Å²) >= 11 is 0. The van der Waals surface area contributed by atoms with E-state index >= 15 is 0 Å². The average molecular weight is 204 g/mol. The van der Waals surface area contributed by atoms with Crippen molar-refractivity contribution in [1.29, 1.82) is 5.26 Å². The molecule has 0 aliphatic rings. The highest BCUT2D eigenvalue weighted by molar-refractivity contribution is 5.87. The molecule has 1 aromatic heterocycles. The molecule has 0 aliphatic heterocycles. The third kappa shape index (κ3) is 3.39. The minimum absolute atomic E-state index is 0.212. The van der Waals surface area contributed by atoms with Gasteiger partial charge in [-0.05, 0) is 32.9 Å². The summed E-state index contributed by atoms with van der Waals surface area (Å²) in [5.41, 5.74) is 0.0957. The second-order valence-corrected chi connectivity index (χ2v) is 4.05. The van der Waals surface area contributed by atoms with Gasteiger partial charge >= 0.3 is 5.97 Å². The van der Waals surface area contributed by atoms with Crippen molar-refractivity contribution in [1.82, 2.24) is 4.98 Å². The summed E-state index contributed by atoms with van der Waals surface area (Å²) in [5.74, 6) is -0.480. The van der Waals surface area contributed by atoms with Gasteiger partial charge in [0.05, 0.1) is 5.56 Å². The summed E-state index contributed by atoms with van der Waals surface area (Å²) in [4.78, 5) is 15.3. The van der Waals surface area contributed by atoms with Gasteiger partial charge in [0.1, 0.15) is 17.4 Å². The molecule has 0 amide bonds. The zero-order valence-electron chi connectivity index (χ0n) is 8.94. The zero-order chi connectivity index (χ0) is 11.5. The number of esters is 1. The van der Waals surface area contributed by atoms with E-state index in [1.807, 2.05) is 6.07 Å². The van der Waals surface area contributed by atoms with Crippen LogP contribution in [0, 0.1) is 11.3 Å². The Bertz CT molecular complexity index is 396. The predicted octanol–water partition coefficient (Wildman–Crippen LogP) is 1.91. The highest BCUT2D eigenvalue weighted by Crippen LogP contribution is 2.10. The zero-order valence-corrected chi connectivity index (χ0v) is 8.94. The van der Waals surface area contributed by atoms with E-state index in [-0.39, 0.29) is 5.69 Å². The van der Waals surface area contributed by atoms with Crippen LogP contribution in [0.3, 0.4) is 0 Å². The second kappa shape index (κ2) is 4.09. The number of carbonyl (C=O) groups excluding carboxylic acids is 1. The largest absolute Gasteiger partial charge is 0.455 e. The van der Waals surface area contributed by atoms with Crippen LogP contribution in [0.25, 0.3) is 0 Å². The maximum absolute atomic E-state index is 11.5. The quantitative estimate of drug-likeness (QED) is 0.655. The number of nitrogens with zero attached hydrogens (tertiary/aromatic N) is 2. The SMILES string of the molecule is CC(C)(C)OC(=O)c1ccc(C#N)cn1. The number of aromatic nitrogens is 1. The monoisotopic (exact) mass is 204 g/mol. The van der Waals surface area contributed by atoms with E-state index in [1.165, 1.54) is 18.3 Å². The van der Waals surface area contributed by atoms with Crippen molar-refractivity contribution in [2.45, 2.75) is 26.4 Å². The molecule has 0 saturated heterocycles. The lowest BCUT2D eigenvalue weighted by molar-refractivity contribution is 0.00629. The first-order valence-electron chi connectivity index (χ1n) is 4.52. The number of nitriles is 1. The van der Waals surface area contributed by atoms with Crippen molar-refractivity contribution < 1.29 is 9.53 Å². The van der Waals surface area contributed by atoms with Crippen LogP contribution >= 0.6 is 0 Å². The molecule has 0 radical (unpaired) electrons. The van der Waals surface area contributed by atoms with Gasteiger partial charge in [0.15, 0.2) is 0 Å². The Hall–Kier alpha value is -1.89. The van der Waals surface area contributed by atoms with Crippen LogP contribution in [-0.2, 0) is 4.74 Å². The first-order valence-corrected chi connectivity index (χ1v) is 4.52. The Kier molecular flexibility index (Phi) is 3.05. The van der Waals surface area contributed by atoms with Gasteiger partial charge in [-0.2, -0.15) is 5.26 Å². The van der Waals surface area contributed by atoms with Gasteiger partial charge < -0.3 is 4.74 Å². The highest BCUT2D eigenvalue weighted by atomic mass is 16.6. The molecule has 1 heterocycles. The third-order valence-electron chi connectivity index (χ3n) is 1.50. The molecule has 0 aromatic carbocycles. The molecular formula is C11H12N2O2. The predicted molar refractivity (Wildman–Crippen MR) is 54.1 cm³/mol. The molecule has 0 atom stereocenters. The van der Waals surface area contributed by atoms with Gasteiger partial charge in [-0.15, -0.1) is 0 Å². The van der Waals surface area contributed by atoms with Crippen LogP contribution in [0.1, 0.15) is 36.8 Å². The molecular weight excluding hydrogens is 192 g/mol. The Morgan fingerprint density at radius 1 is 1.47 bits per heavy atom. The molecule has 0 saturated carbocycles. The normalized spacial score (nSPS) is 10.5. The fraction of sp³-hybridized carbons (Fsp3) is 0.364. The van der Waals surface area contributed by atoms with E-state index in [4.69, 9.17) is 10.00 Å².